The normalized spacial score (nSPS) is 11.7. The minimum absolute atomic E-state index is 0. The zero-order chi connectivity index (χ0) is 55.3. The van der Waals surface area contributed by atoms with Crippen LogP contribution in [0.1, 0.15) is 133 Å². The summed E-state index contributed by atoms with van der Waals surface area (Å²) in [6.45, 7) is 26.8. The van der Waals surface area contributed by atoms with E-state index in [-0.39, 0.29) is 29.1 Å². The van der Waals surface area contributed by atoms with Gasteiger partial charge in [0.15, 0.2) is 0 Å². The molecule has 0 unspecified atom stereocenters. The molecule has 0 atom stereocenters. The van der Waals surface area contributed by atoms with Gasteiger partial charge < -0.3 is 19.1 Å². The highest BCUT2D eigenvalue weighted by molar-refractivity contribution is 9.10. The summed E-state index contributed by atoms with van der Waals surface area (Å²) in [4.78, 5) is 24.2. The van der Waals surface area contributed by atoms with E-state index in [1.807, 2.05) is 54.6 Å². The van der Waals surface area contributed by atoms with Crippen LogP contribution in [0.3, 0.4) is 0 Å². The molecule has 0 spiro atoms. The van der Waals surface area contributed by atoms with Gasteiger partial charge in [0.25, 0.3) is 0 Å². The number of anilines is 5. The lowest BCUT2D eigenvalue weighted by Crippen LogP contribution is -2.14. The molecule has 2 heterocycles. The van der Waals surface area contributed by atoms with Crippen molar-refractivity contribution in [2.75, 3.05) is 10.2 Å². The van der Waals surface area contributed by atoms with E-state index in [1.54, 1.807) is 18.2 Å². The number of fused-ring (bicyclic) bond motifs is 2. The third-order valence-electron chi connectivity index (χ3n) is 13.7. The van der Waals surface area contributed by atoms with Crippen LogP contribution < -0.4 is 10.2 Å². The number of hydrogen-bond acceptors (Lipinski definition) is 6. The molecule has 1 N–H and O–H groups in total. The number of carbonyl (C=O) groups excluding carboxylic acids is 2. The van der Waals surface area contributed by atoms with E-state index >= 15 is 0 Å². The molecule has 0 radical (unpaired) electrons. The van der Waals surface area contributed by atoms with Crippen LogP contribution in [-0.2, 0) is 21.7 Å². The van der Waals surface area contributed by atoms with E-state index in [1.165, 1.54) is 22.3 Å². The maximum atomic E-state index is 11.2. The molecule has 78 heavy (non-hydrogen) atoms. The number of hydrogen-bond donors (Lipinski definition) is 1. The van der Waals surface area contributed by atoms with Gasteiger partial charge in [-0.2, -0.15) is 0 Å². The van der Waals surface area contributed by atoms with Crippen molar-refractivity contribution < 1.29 is 18.4 Å². The Morgan fingerprint density at radius 2 is 0.679 bits per heavy atom. The predicted octanol–water partition coefficient (Wildman–Crippen LogP) is 21.3. The average molecular weight is 1100 g/mol. The van der Waals surface area contributed by atoms with Crippen molar-refractivity contribution in [2.45, 2.75) is 112 Å². The van der Waals surface area contributed by atoms with Crippen LogP contribution in [0, 0.1) is 0 Å². The Bertz CT molecular complexity index is 3470. The third kappa shape index (κ3) is 14.4. The van der Waals surface area contributed by atoms with Gasteiger partial charge in [0.05, 0.1) is 0 Å². The van der Waals surface area contributed by atoms with Crippen molar-refractivity contribution in [3.8, 4) is 22.6 Å². The van der Waals surface area contributed by atoms with Gasteiger partial charge in [0, 0.05) is 65.9 Å². The first-order valence-electron chi connectivity index (χ1n) is 26.3. The minimum atomic E-state index is 0. The zero-order valence-corrected chi connectivity index (χ0v) is 48.2. The van der Waals surface area contributed by atoms with E-state index < -0.39 is 0 Å². The number of halogens is 1. The molecule has 0 saturated heterocycles. The summed E-state index contributed by atoms with van der Waals surface area (Å²) in [7, 11) is 0. The highest BCUT2D eigenvalue weighted by Gasteiger charge is 2.20. The third-order valence-corrected chi connectivity index (χ3v) is 14.2. The van der Waals surface area contributed by atoms with Crippen LogP contribution in [0.15, 0.2) is 207 Å². The number of furan rings is 2. The Morgan fingerprint density at radius 3 is 0.987 bits per heavy atom. The molecule has 0 aliphatic rings. The lowest BCUT2D eigenvalue weighted by molar-refractivity contribution is 0.111. The first-order chi connectivity index (χ1) is 36.4. The second-order valence-electron chi connectivity index (χ2n) is 23.8. The highest BCUT2D eigenvalue weighted by Crippen LogP contribution is 2.39. The molecule has 400 valence electrons. The van der Waals surface area contributed by atoms with E-state index in [2.05, 4.69) is 231 Å². The molecule has 0 amide bonds. The summed E-state index contributed by atoms with van der Waals surface area (Å²) in [5, 5.41) is 5.44. The maximum absolute atomic E-state index is 11.2. The lowest BCUT2D eigenvalue weighted by atomic mass is 9.86. The molecule has 2 aromatic heterocycles. The molecule has 8 aromatic carbocycles. The zero-order valence-electron chi connectivity index (χ0n) is 46.6. The molecule has 10 rings (SSSR count). The molecule has 0 fully saturated rings. The fraction of sp³-hybridized carbons (Fsp3) is 0.239. The number of benzene rings is 8. The molecule has 7 heteroatoms. The van der Waals surface area contributed by atoms with E-state index in [9.17, 15) is 9.59 Å². The Labute approximate surface area is 471 Å². The Morgan fingerprint density at radius 1 is 0.385 bits per heavy atom. The van der Waals surface area contributed by atoms with Crippen LogP contribution in [0.25, 0.3) is 44.6 Å². The Balaban J connectivity index is 0.000000186. The van der Waals surface area contributed by atoms with Crippen LogP contribution in [0.5, 0.6) is 0 Å². The van der Waals surface area contributed by atoms with Gasteiger partial charge >= 0.3 is 0 Å². The fourth-order valence-corrected chi connectivity index (χ4v) is 9.12. The minimum Gasteiger partial charge on any atom is -0.456 e. The number of nitrogens with zero attached hydrogens (tertiary/aromatic N) is 1. The highest BCUT2D eigenvalue weighted by atomic mass is 79.9. The smallest absolute Gasteiger partial charge is 0.150 e. The van der Waals surface area contributed by atoms with Crippen molar-refractivity contribution in [2.24, 2.45) is 0 Å². The molecule has 0 bridgehead atoms. The summed E-state index contributed by atoms with van der Waals surface area (Å²) >= 11 is 3.40. The summed E-state index contributed by atoms with van der Waals surface area (Å²) in [6, 6.07) is 66.4. The maximum Gasteiger partial charge on any atom is 0.150 e. The first-order valence-corrected chi connectivity index (χ1v) is 27.1. The molecular formula is C71H75BrN2O4. The average Bonchev–Trinajstić information content (AvgIpc) is 4.09. The summed E-state index contributed by atoms with van der Waals surface area (Å²) in [5.41, 5.74) is 16.2. The number of rotatable bonds is 9. The van der Waals surface area contributed by atoms with Gasteiger partial charge in [-0.25, -0.2) is 0 Å². The second-order valence-corrected chi connectivity index (χ2v) is 24.7. The fourth-order valence-electron chi connectivity index (χ4n) is 8.86. The van der Waals surface area contributed by atoms with Crippen molar-refractivity contribution in [3.05, 3.63) is 232 Å². The molecular weight excluding hydrogens is 1020 g/mol. The monoisotopic (exact) mass is 1100 g/mol. The summed E-state index contributed by atoms with van der Waals surface area (Å²) in [5.74, 6) is 1.59. The largest absolute Gasteiger partial charge is 0.456 e. The molecule has 10 aromatic rings. The predicted molar refractivity (Wildman–Crippen MR) is 334 cm³/mol. The quantitative estimate of drug-likeness (QED) is 0.145. The van der Waals surface area contributed by atoms with Crippen molar-refractivity contribution >= 4 is 78.9 Å². The first kappa shape index (κ1) is 58.0. The van der Waals surface area contributed by atoms with Crippen LogP contribution in [0.4, 0.5) is 28.4 Å². The van der Waals surface area contributed by atoms with Gasteiger partial charge in [-0.1, -0.05) is 191 Å². The van der Waals surface area contributed by atoms with Gasteiger partial charge in [-0.05, 0) is 153 Å². The Hall–Kier alpha value is -7.74. The SMILES string of the molecule is C.CC(C)(C)c1ccc(N(c2ccc(-c3cc4ccc(C=O)cc4o3)cc2)c2ccc(C(C)(C)C)cc2)cc1.CC(C)(C)c1ccc(Nc2ccc(C(C)(C)C)cc2)cc1.O=Cc1ccc2cc(-c3ccc(Br)cc3)oc2c1. The molecule has 6 nitrogen and oxygen atoms in total. The molecule has 0 aliphatic heterocycles. The van der Waals surface area contributed by atoms with Crippen molar-refractivity contribution in [1.29, 1.82) is 0 Å². The van der Waals surface area contributed by atoms with Crippen LogP contribution in [-0.4, -0.2) is 12.6 Å². The van der Waals surface area contributed by atoms with E-state index in [0.29, 0.717) is 16.7 Å². The standard InChI is InChI=1S/C35H35NO2.C20H27N.C15H9BrO2.CH4/c1-34(2,3)27-11-17-30(18-12-27)36(31-19-13-28(14-20-31)35(4,5)6)29-15-9-25(10-16-29)33-22-26-8-7-24(23-37)21-32(26)38-33;1-19(2,3)15-7-11-17(12-8-15)21-18-13-9-16(10-14-18)20(4,5)6;16-13-5-3-11(4-6-13)15-8-12-2-1-10(9-17)7-14(12)18-15;/h7-23H,1-6H3;7-14,21H,1-6H3;1-9H;1H4. The topological polar surface area (TPSA) is 75.7 Å². The van der Waals surface area contributed by atoms with Gasteiger partial charge in [-0.3, -0.25) is 9.59 Å². The summed E-state index contributed by atoms with van der Waals surface area (Å²) in [6.07, 6.45) is 1.66. The second kappa shape index (κ2) is 23.9. The van der Waals surface area contributed by atoms with Crippen LogP contribution >= 0.6 is 15.9 Å². The van der Waals surface area contributed by atoms with Gasteiger partial charge in [0.2, 0.25) is 0 Å². The van der Waals surface area contributed by atoms with E-state index in [0.717, 1.165) is 84.5 Å². The Kier molecular flexibility index (Phi) is 17.7. The van der Waals surface area contributed by atoms with Crippen molar-refractivity contribution in [1.82, 2.24) is 0 Å². The van der Waals surface area contributed by atoms with E-state index in [4.69, 9.17) is 8.83 Å². The van der Waals surface area contributed by atoms with Crippen LogP contribution in [0.2, 0.25) is 0 Å². The number of carbonyl (C=O) groups is 2. The number of aldehydes is 2. The number of nitrogens with one attached hydrogen (secondary N) is 1. The lowest BCUT2D eigenvalue weighted by Gasteiger charge is -2.28. The van der Waals surface area contributed by atoms with Gasteiger partial charge in [-0.15, -0.1) is 0 Å². The molecule has 0 aliphatic carbocycles. The molecule has 0 saturated carbocycles. The summed E-state index contributed by atoms with van der Waals surface area (Å²) < 4.78 is 12.9. The van der Waals surface area contributed by atoms with Gasteiger partial charge in [0.1, 0.15) is 35.3 Å². The van der Waals surface area contributed by atoms with Crippen molar-refractivity contribution in [3.63, 3.8) is 0 Å².